The number of nitrogens with zero attached hydrogens (tertiary/aromatic N) is 1. The highest BCUT2D eigenvalue weighted by molar-refractivity contribution is 6.39. The van der Waals surface area contributed by atoms with E-state index in [9.17, 15) is 9.59 Å². The zero-order valence-electron chi connectivity index (χ0n) is 15.2. The van der Waals surface area contributed by atoms with Crippen LogP contribution in [-0.4, -0.2) is 25.9 Å². The molecule has 1 unspecified atom stereocenters. The molecule has 0 aliphatic heterocycles. The Morgan fingerprint density at radius 2 is 1.56 bits per heavy atom. The van der Waals surface area contributed by atoms with Crippen LogP contribution in [0.15, 0.2) is 48.5 Å². The van der Waals surface area contributed by atoms with Gasteiger partial charge in [-0.15, -0.1) is 0 Å². The fourth-order valence-electron chi connectivity index (χ4n) is 2.42. The molecule has 0 saturated carbocycles. The summed E-state index contributed by atoms with van der Waals surface area (Å²) in [5, 5.41) is 5.34. The lowest BCUT2D eigenvalue weighted by molar-refractivity contribution is -0.136. The summed E-state index contributed by atoms with van der Waals surface area (Å²) >= 11 is 0. The smallest absolute Gasteiger partial charge is 0.313 e. The molecule has 0 aromatic heterocycles. The minimum atomic E-state index is -0.672. The third kappa shape index (κ3) is 5.08. The van der Waals surface area contributed by atoms with E-state index in [0.717, 1.165) is 17.7 Å². The van der Waals surface area contributed by atoms with Crippen molar-refractivity contribution in [3.05, 3.63) is 59.7 Å². The number of anilines is 2. The molecular formula is C20H25N3O2. The first-order valence-electron chi connectivity index (χ1n) is 8.38. The summed E-state index contributed by atoms with van der Waals surface area (Å²) in [6.45, 7) is 3.95. The van der Waals surface area contributed by atoms with Crippen LogP contribution in [-0.2, 0) is 16.0 Å². The molecule has 5 nitrogen and oxygen atoms in total. The zero-order chi connectivity index (χ0) is 18.4. The van der Waals surface area contributed by atoms with Crippen molar-refractivity contribution >= 4 is 23.2 Å². The first-order valence-corrected chi connectivity index (χ1v) is 8.38. The van der Waals surface area contributed by atoms with E-state index in [4.69, 9.17) is 0 Å². The van der Waals surface area contributed by atoms with Crippen molar-refractivity contribution in [3.63, 3.8) is 0 Å². The minimum Gasteiger partial charge on any atom is -0.378 e. The van der Waals surface area contributed by atoms with E-state index in [1.807, 2.05) is 62.3 Å². The first kappa shape index (κ1) is 18.5. The molecule has 1 atom stereocenters. The highest BCUT2D eigenvalue weighted by atomic mass is 16.2. The molecule has 0 bridgehead atoms. The molecule has 0 heterocycles. The second kappa shape index (κ2) is 8.33. The van der Waals surface area contributed by atoms with Crippen molar-refractivity contribution in [1.29, 1.82) is 0 Å². The van der Waals surface area contributed by atoms with Gasteiger partial charge in [-0.05, 0) is 48.7 Å². The number of carbonyl (C=O) groups is 2. The quantitative estimate of drug-likeness (QED) is 0.823. The van der Waals surface area contributed by atoms with Crippen LogP contribution in [0, 0.1) is 0 Å². The standard InChI is InChI=1S/C20H25N3O2/c1-5-15-6-8-16(9-7-15)14(2)21-19(24)20(25)22-17-10-12-18(13-11-17)23(3)4/h6-14H,5H2,1-4H3,(H,21,24)(H,22,25). The molecule has 25 heavy (non-hydrogen) atoms. The highest BCUT2D eigenvalue weighted by Gasteiger charge is 2.17. The second-order valence-electron chi connectivity index (χ2n) is 6.19. The molecule has 0 fully saturated rings. The first-order chi connectivity index (χ1) is 11.9. The molecule has 0 saturated heterocycles. The maximum atomic E-state index is 12.1. The third-order valence-corrected chi connectivity index (χ3v) is 4.08. The van der Waals surface area contributed by atoms with Crippen molar-refractivity contribution < 1.29 is 9.59 Å². The predicted molar refractivity (Wildman–Crippen MR) is 102 cm³/mol. The van der Waals surface area contributed by atoms with E-state index in [1.54, 1.807) is 12.1 Å². The maximum Gasteiger partial charge on any atom is 0.313 e. The number of aryl methyl sites for hydroxylation is 1. The van der Waals surface area contributed by atoms with Gasteiger partial charge < -0.3 is 15.5 Å². The van der Waals surface area contributed by atoms with Crippen molar-refractivity contribution in [1.82, 2.24) is 5.32 Å². The van der Waals surface area contributed by atoms with Gasteiger partial charge in [0.15, 0.2) is 0 Å². The lowest BCUT2D eigenvalue weighted by Gasteiger charge is -2.15. The second-order valence-corrected chi connectivity index (χ2v) is 6.19. The van der Waals surface area contributed by atoms with Crippen molar-refractivity contribution in [3.8, 4) is 0 Å². The Balaban J connectivity index is 1.93. The largest absolute Gasteiger partial charge is 0.378 e. The Morgan fingerprint density at radius 3 is 2.08 bits per heavy atom. The van der Waals surface area contributed by atoms with Crippen LogP contribution in [0.1, 0.15) is 31.0 Å². The summed E-state index contributed by atoms with van der Waals surface area (Å²) in [4.78, 5) is 26.1. The summed E-state index contributed by atoms with van der Waals surface area (Å²) in [6.07, 6.45) is 0.968. The van der Waals surface area contributed by atoms with Crippen molar-refractivity contribution in [2.45, 2.75) is 26.3 Å². The fourth-order valence-corrected chi connectivity index (χ4v) is 2.42. The van der Waals surface area contributed by atoms with E-state index >= 15 is 0 Å². The van der Waals surface area contributed by atoms with Crippen molar-refractivity contribution in [2.75, 3.05) is 24.3 Å². The average Bonchev–Trinajstić information content (AvgIpc) is 2.62. The van der Waals surface area contributed by atoms with Gasteiger partial charge in [-0.3, -0.25) is 9.59 Å². The molecule has 2 amide bonds. The maximum absolute atomic E-state index is 12.1. The molecule has 0 aliphatic rings. The van der Waals surface area contributed by atoms with Gasteiger partial charge in [0, 0.05) is 25.5 Å². The molecule has 0 aliphatic carbocycles. The third-order valence-electron chi connectivity index (χ3n) is 4.08. The summed E-state index contributed by atoms with van der Waals surface area (Å²) < 4.78 is 0. The van der Waals surface area contributed by atoms with Crippen LogP contribution in [0.5, 0.6) is 0 Å². The predicted octanol–water partition coefficient (Wildman–Crippen LogP) is 3.13. The Labute approximate surface area is 149 Å². The Morgan fingerprint density at radius 1 is 0.960 bits per heavy atom. The Hall–Kier alpha value is -2.82. The number of carbonyl (C=O) groups excluding carboxylic acids is 2. The number of hydrogen-bond acceptors (Lipinski definition) is 3. The molecule has 2 aromatic carbocycles. The van der Waals surface area contributed by atoms with Gasteiger partial charge in [-0.2, -0.15) is 0 Å². The molecule has 0 spiro atoms. The van der Waals surface area contributed by atoms with E-state index in [-0.39, 0.29) is 6.04 Å². The minimum absolute atomic E-state index is 0.236. The van der Waals surface area contributed by atoms with E-state index in [1.165, 1.54) is 5.56 Å². The highest BCUT2D eigenvalue weighted by Crippen LogP contribution is 2.16. The molecule has 2 N–H and O–H groups in total. The summed E-state index contributed by atoms with van der Waals surface area (Å²) in [5.41, 5.74) is 3.81. The van der Waals surface area contributed by atoms with Crippen molar-refractivity contribution in [2.24, 2.45) is 0 Å². The van der Waals surface area contributed by atoms with Gasteiger partial charge in [0.1, 0.15) is 0 Å². The van der Waals surface area contributed by atoms with Crippen LogP contribution < -0.4 is 15.5 Å². The zero-order valence-corrected chi connectivity index (χ0v) is 15.2. The molecule has 5 heteroatoms. The van der Waals surface area contributed by atoms with E-state index in [2.05, 4.69) is 17.6 Å². The van der Waals surface area contributed by atoms with Gasteiger partial charge in [-0.25, -0.2) is 0 Å². The molecule has 2 rings (SSSR count). The fraction of sp³-hybridized carbons (Fsp3) is 0.300. The molecular weight excluding hydrogens is 314 g/mol. The molecule has 0 radical (unpaired) electrons. The normalized spacial score (nSPS) is 11.5. The number of benzene rings is 2. The van der Waals surface area contributed by atoms with Gasteiger partial charge in [0.25, 0.3) is 0 Å². The molecule has 132 valence electrons. The summed E-state index contributed by atoms with van der Waals surface area (Å²) in [6, 6.07) is 15.1. The van der Waals surface area contributed by atoms with Crippen LogP contribution >= 0.6 is 0 Å². The lowest BCUT2D eigenvalue weighted by atomic mass is 10.1. The van der Waals surface area contributed by atoms with E-state index in [0.29, 0.717) is 5.69 Å². The Bertz CT molecular complexity index is 722. The summed E-state index contributed by atoms with van der Waals surface area (Å²) in [7, 11) is 3.88. The number of hydrogen-bond donors (Lipinski definition) is 2. The van der Waals surface area contributed by atoms with Gasteiger partial charge in [0.2, 0.25) is 0 Å². The topological polar surface area (TPSA) is 61.4 Å². The van der Waals surface area contributed by atoms with Crippen LogP contribution in [0.2, 0.25) is 0 Å². The van der Waals surface area contributed by atoms with Gasteiger partial charge in [-0.1, -0.05) is 31.2 Å². The number of rotatable bonds is 5. The van der Waals surface area contributed by atoms with Gasteiger partial charge in [0.05, 0.1) is 6.04 Å². The number of nitrogens with one attached hydrogen (secondary N) is 2. The average molecular weight is 339 g/mol. The van der Waals surface area contributed by atoms with Gasteiger partial charge >= 0.3 is 11.8 Å². The summed E-state index contributed by atoms with van der Waals surface area (Å²) in [5.74, 6) is -1.32. The SMILES string of the molecule is CCc1ccc(C(C)NC(=O)C(=O)Nc2ccc(N(C)C)cc2)cc1. The van der Waals surface area contributed by atoms with E-state index < -0.39 is 11.8 Å². The molecule has 2 aromatic rings. The van der Waals surface area contributed by atoms with Crippen LogP contribution in [0.25, 0.3) is 0 Å². The monoisotopic (exact) mass is 339 g/mol. The Kier molecular flexibility index (Phi) is 6.17. The lowest BCUT2D eigenvalue weighted by Crippen LogP contribution is -2.36. The number of amides is 2. The van der Waals surface area contributed by atoms with Crippen LogP contribution in [0.3, 0.4) is 0 Å². The van der Waals surface area contributed by atoms with Crippen LogP contribution in [0.4, 0.5) is 11.4 Å².